The van der Waals surface area contributed by atoms with E-state index in [-0.39, 0.29) is 11.9 Å². The van der Waals surface area contributed by atoms with Crippen molar-refractivity contribution in [2.75, 3.05) is 26.3 Å². The third kappa shape index (κ3) is 3.30. The molecular weight excluding hydrogens is 312 g/mol. The Kier molecular flexibility index (Phi) is 4.53. The average Bonchev–Trinajstić information content (AvgIpc) is 3.21. The molecule has 25 heavy (non-hydrogen) atoms. The van der Waals surface area contributed by atoms with Crippen LogP contribution in [0.15, 0.2) is 67.0 Å². The minimum Gasteiger partial charge on any atom is -0.378 e. The van der Waals surface area contributed by atoms with Gasteiger partial charge in [0.05, 0.1) is 25.7 Å². The second-order valence-corrected chi connectivity index (χ2v) is 6.41. The Balaban J connectivity index is 1.70. The number of morpholine rings is 1. The highest BCUT2D eigenvalue weighted by molar-refractivity contribution is 5.87. The van der Waals surface area contributed by atoms with E-state index in [2.05, 4.69) is 47.0 Å². The zero-order chi connectivity index (χ0) is 17.1. The van der Waals surface area contributed by atoms with Crippen molar-refractivity contribution in [2.45, 2.75) is 12.5 Å². The van der Waals surface area contributed by atoms with Crippen LogP contribution in [-0.4, -0.2) is 41.7 Å². The minimum atomic E-state index is -0.00329. The zero-order valence-electron chi connectivity index (χ0n) is 14.2. The first-order chi connectivity index (χ1) is 12.3. The highest BCUT2D eigenvalue weighted by Gasteiger charge is 2.24. The second-order valence-electron chi connectivity index (χ2n) is 6.41. The number of benzene rings is 2. The van der Waals surface area contributed by atoms with Crippen molar-refractivity contribution in [3.05, 3.63) is 72.6 Å². The van der Waals surface area contributed by atoms with Crippen LogP contribution in [0.5, 0.6) is 0 Å². The number of hydrogen-bond donors (Lipinski definition) is 0. The van der Waals surface area contributed by atoms with Gasteiger partial charge >= 0.3 is 0 Å². The molecule has 1 aromatic heterocycles. The molecule has 1 aliphatic rings. The van der Waals surface area contributed by atoms with Gasteiger partial charge in [0.25, 0.3) is 0 Å². The Morgan fingerprint density at radius 1 is 0.960 bits per heavy atom. The smallest absolute Gasteiger partial charge is 0.225 e. The Hall–Kier alpha value is -2.59. The summed E-state index contributed by atoms with van der Waals surface area (Å²) >= 11 is 0. The summed E-state index contributed by atoms with van der Waals surface area (Å²) in [7, 11) is 0. The molecule has 0 radical (unpaired) electrons. The third-order valence-electron chi connectivity index (χ3n) is 4.90. The van der Waals surface area contributed by atoms with Crippen LogP contribution in [0.25, 0.3) is 10.8 Å². The number of amides is 1. The molecule has 1 saturated heterocycles. The van der Waals surface area contributed by atoms with Crippen LogP contribution in [0.3, 0.4) is 0 Å². The summed E-state index contributed by atoms with van der Waals surface area (Å²) in [5.74, 6) is 0.190. The fraction of sp³-hybridized carbons (Fsp3) is 0.286. The molecule has 1 atom stereocenters. The van der Waals surface area contributed by atoms with Crippen LogP contribution < -0.4 is 0 Å². The number of fused-ring (bicyclic) bond motifs is 1. The number of carbonyl (C=O) groups excluding carboxylic acids is 1. The average molecular weight is 334 g/mol. The Labute approximate surface area is 147 Å². The lowest BCUT2D eigenvalue weighted by Gasteiger charge is -2.29. The topological polar surface area (TPSA) is 34.5 Å². The maximum Gasteiger partial charge on any atom is 0.225 e. The third-order valence-corrected chi connectivity index (χ3v) is 4.90. The van der Waals surface area contributed by atoms with Gasteiger partial charge in [-0.1, -0.05) is 42.5 Å². The number of hydrogen-bond acceptors (Lipinski definition) is 2. The molecule has 3 aromatic rings. The van der Waals surface area contributed by atoms with Crippen molar-refractivity contribution in [1.29, 1.82) is 0 Å². The molecule has 0 bridgehead atoms. The van der Waals surface area contributed by atoms with E-state index in [9.17, 15) is 4.79 Å². The summed E-state index contributed by atoms with van der Waals surface area (Å²) in [6, 6.07) is 18.7. The van der Waals surface area contributed by atoms with Gasteiger partial charge in [-0.2, -0.15) is 0 Å². The largest absolute Gasteiger partial charge is 0.378 e. The van der Waals surface area contributed by atoms with Crippen molar-refractivity contribution < 1.29 is 9.53 Å². The monoisotopic (exact) mass is 334 g/mol. The molecule has 1 fully saturated rings. The summed E-state index contributed by atoms with van der Waals surface area (Å²) in [6.07, 6.45) is 4.54. The van der Waals surface area contributed by atoms with Crippen molar-refractivity contribution in [3.63, 3.8) is 0 Å². The van der Waals surface area contributed by atoms with Gasteiger partial charge < -0.3 is 14.2 Å². The van der Waals surface area contributed by atoms with Gasteiger partial charge in [-0.05, 0) is 28.5 Å². The quantitative estimate of drug-likeness (QED) is 0.732. The van der Waals surface area contributed by atoms with Crippen LogP contribution in [-0.2, 0) is 9.53 Å². The Bertz CT molecular complexity index is 846. The molecule has 2 heterocycles. The SMILES string of the molecule is O=C(C[C@@H](c1cccc2ccccc12)n1cccc1)N1CCOCC1. The van der Waals surface area contributed by atoms with Gasteiger partial charge in [0.15, 0.2) is 0 Å². The van der Waals surface area contributed by atoms with E-state index < -0.39 is 0 Å². The first kappa shape index (κ1) is 15.9. The van der Waals surface area contributed by atoms with Crippen LogP contribution in [0.1, 0.15) is 18.0 Å². The lowest BCUT2D eigenvalue weighted by Crippen LogP contribution is -2.41. The fourth-order valence-electron chi connectivity index (χ4n) is 3.58. The lowest BCUT2D eigenvalue weighted by atomic mass is 9.96. The van der Waals surface area contributed by atoms with Gasteiger partial charge in [-0.15, -0.1) is 0 Å². The summed E-state index contributed by atoms with van der Waals surface area (Å²) in [6.45, 7) is 2.64. The van der Waals surface area contributed by atoms with Crippen molar-refractivity contribution >= 4 is 16.7 Å². The number of ether oxygens (including phenoxy) is 1. The van der Waals surface area contributed by atoms with E-state index in [4.69, 9.17) is 4.74 Å². The molecule has 1 amide bonds. The molecule has 0 aliphatic carbocycles. The maximum absolute atomic E-state index is 12.9. The molecular formula is C21H22N2O2. The zero-order valence-corrected chi connectivity index (χ0v) is 14.2. The summed E-state index contributed by atoms with van der Waals surface area (Å²) in [5.41, 5.74) is 1.19. The van der Waals surface area contributed by atoms with Gasteiger partial charge in [0.2, 0.25) is 5.91 Å². The number of nitrogens with zero attached hydrogens (tertiary/aromatic N) is 2. The molecule has 0 spiro atoms. The standard InChI is InChI=1S/C21H22N2O2/c24-21(23-12-14-25-15-13-23)16-20(22-10-3-4-11-22)19-9-5-7-17-6-1-2-8-18(17)19/h1-11,20H,12-16H2/t20-/m0/s1. The highest BCUT2D eigenvalue weighted by Crippen LogP contribution is 2.30. The first-order valence-electron chi connectivity index (χ1n) is 8.78. The maximum atomic E-state index is 12.9. The molecule has 4 rings (SSSR count). The Morgan fingerprint density at radius 3 is 2.48 bits per heavy atom. The molecule has 0 saturated carbocycles. The van der Waals surface area contributed by atoms with Crippen LogP contribution in [0.2, 0.25) is 0 Å². The van der Waals surface area contributed by atoms with Gasteiger partial charge in [0, 0.05) is 25.5 Å². The van der Waals surface area contributed by atoms with E-state index in [0.717, 1.165) is 0 Å². The van der Waals surface area contributed by atoms with Gasteiger partial charge in [0.1, 0.15) is 0 Å². The van der Waals surface area contributed by atoms with Gasteiger partial charge in [-0.25, -0.2) is 0 Å². The van der Waals surface area contributed by atoms with Crippen LogP contribution in [0.4, 0.5) is 0 Å². The van der Waals surface area contributed by atoms with Crippen LogP contribution >= 0.6 is 0 Å². The van der Waals surface area contributed by atoms with Crippen molar-refractivity contribution in [1.82, 2.24) is 9.47 Å². The molecule has 4 nitrogen and oxygen atoms in total. The Morgan fingerprint density at radius 2 is 1.68 bits per heavy atom. The summed E-state index contributed by atoms with van der Waals surface area (Å²) in [5, 5.41) is 2.41. The fourth-order valence-corrected chi connectivity index (χ4v) is 3.58. The van der Waals surface area contributed by atoms with E-state index in [1.165, 1.54) is 16.3 Å². The lowest BCUT2D eigenvalue weighted by molar-refractivity contribution is -0.135. The number of carbonyl (C=O) groups is 1. The van der Waals surface area contributed by atoms with Crippen molar-refractivity contribution in [3.8, 4) is 0 Å². The summed E-state index contributed by atoms with van der Waals surface area (Å²) in [4.78, 5) is 14.8. The summed E-state index contributed by atoms with van der Waals surface area (Å²) < 4.78 is 7.51. The molecule has 4 heteroatoms. The molecule has 1 aliphatic heterocycles. The molecule has 0 unspecified atom stereocenters. The minimum absolute atomic E-state index is 0.00329. The van der Waals surface area contributed by atoms with E-state index in [1.807, 2.05) is 29.4 Å². The highest BCUT2D eigenvalue weighted by atomic mass is 16.5. The first-order valence-corrected chi connectivity index (χ1v) is 8.78. The van der Waals surface area contributed by atoms with E-state index >= 15 is 0 Å². The normalized spacial score (nSPS) is 16.1. The van der Waals surface area contributed by atoms with Crippen molar-refractivity contribution in [2.24, 2.45) is 0 Å². The number of rotatable bonds is 4. The van der Waals surface area contributed by atoms with E-state index in [0.29, 0.717) is 32.7 Å². The van der Waals surface area contributed by atoms with E-state index in [1.54, 1.807) is 0 Å². The van der Waals surface area contributed by atoms with Gasteiger partial charge in [-0.3, -0.25) is 4.79 Å². The predicted octanol–water partition coefficient (Wildman–Crippen LogP) is 3.48. The molecule has 0 N–H and O–H groups in total. The molecule has 2 aromatic carbocycles. The molecule has 128 valence electrons. The van der Waals surface area contributed by atoms with Crippen LogP contribution in [0, 0.1) is 0 Å². The number of aromatic nitrogens is 1. The second kappa shape index (κ2) is 7.11. The predicted molar refractivity (Wildman–Crippen MR) is 98.5 cm³/mol.